The van der Waals surface area contributed by atoms with Crippen molar-refractivity contribution in [3.8, 4) is 17.1 Å². The van der Waals surface area contributed by atoms with E-state index in [-0.39, 0.29) is 11.7 Å². The van der Waals surface area contributed by atoms with Gasteiger partial charge in [-0.2, -0.15) is 0 Å². The minimum absolute atomic E-state index is 0.159. The summed E-state index contributed by atoms with van der Waals surface area (Å²) >= 11 is 0. The van der Waals surface area contributed by atoms with Crippen LogP contribution in [0.3, 0.4) is 0 Å². The lowest BCUT2D eigenvalue weighted by Crippen LogP contribution is -2.24. The number of nitrogens with one attached hydrogen (secondary N) is 1. The largest absolute Gasteiger partial charge is 0.352 e. The van der Waals surface area contributed by atoms with Crippen LogP contribution in [0.1, 0.15) is 35.4 Å². The van der Waals surface area contributed by atoms with Gasteiger partial charge in [0.15, 0.2) is 5.82 Å². The van der Waals surface area contributed by atoms with Gasteiger partial charge in [-0.3, -0.25) is 14.4 Å². The molecular weight excluding hydrogens is 431 g/mol. The highest BCUT2D eigenvalue weighted by Gasteiger charge is 2.16. The summed E-state index contributed by atoms with van der Waals surface area (Å²) in [5.41, 5.74) is 4.19. The predicted molar refractivity (Wildman–Crippen MR) is 130 cm³/mol. The lowest BCUT2D eigenvalue weighted by Gasteiger charge is -2.13. The fourth-order valence-electron chi connectivity index (χ4n) is 3.92. The Hall–Kier alpha value is -4.20. The molecule has 3 heterocycles. The van der Waals surface area contributed by atoms with Crippen LogP contribution in [0.5, 0.6) is 0 Å². The number of carbonyl (C=O) groups is 1. The van der Waals surface area contributed by atoms with E-state index in [0.29, 0.717) is 34.7 Å². The van der Waals surface area contributed by atoms with Crippen LogP contribution in [0, 0.1) is 12.7 Å². The third-order valence-corrected chi connectivity index (χ3v) is 5.72. The van der Waals surface area contributed by atoms with E-state index in [1.165, 1.54) is 12.1 Å². The van der Waals surface area contributed by atoms with Gasteiger partial charge in [0.25, 0.3) is 5.91 Å². The summed E-state index contributed by atoms with van der Waals surface area (Å²) in [7, 11) is 0. The topological polar surface area (TPSA) is 85.1 Å². The number of aliphatic imine (C=N–C) groups is 1. The van der Waals surface area contributed by atoms with Crippen molar-refractivity contribution in [3.05, 3.63) is 84.3 Å². The second-order valence-corrected chi connectivity index (χ2v) is 8.09. The van der Waals surface area contributed by atoms with E-state index in [2.05, 4.69) is 15.3 Å². The molecule has 8 heteroatoms. The summed E-state index contributed by atoms with van der Waals surface area (Å²) in [6.45, 7) is 2.45. The van der Waals surface area contributed by atoms with E-state index in [0.717, 1.165) is 36.4 Å². The first kappa shape index (κ1) is 21.6. The van der Waals surface area contributed by atoms with E-state index in [4.69, 9.17) is 9.97 Å². The minimum atomic E-state index is -0.326. The number of imidazole rings is 1. The normalized spacial score (nSPS) is 12.8. The molecule has 0 spiro atoms. The van der Waals surface area contributed by atoms with Crippen molar-refractivity contribution < 1.29 is 9.18 Å². The summed E-state index contributed by atoms with van der Waals surface area (Å²) in [6, 6.07) is 11.4. The molecule has 1 aliphatic rings. The highest BCUT2D eigenvalue weighted by molar-refractivity contribution is 5.97. The maximum atomic E-state index is 13.5. The molecular formula is C26H23FN6O. The number of aromatic nitrogens is 4. The van der Waals surface area contributed by atoms with Crippen molar-refractivity contribution in [2.45, 2.75) is 26.2 Å². The lowest BCUT2D eigenvalue weighted by molar-refractivity contribution is 0.0953. The molecule has 0 atom stereocenters. The standard InChI is InChI=1S/C26H23FN6O/c1-17-28-14-15-33(17)25-24(18-6-9-20(27)10-7-18)31-23-16-19(8-11-22(23)32-25)26(34)30-13-3-5-21-4-2-12-29-21/h2,6-12,14-16H,3-5,13H2,1H3,(H,30,34). The van der Waals surface area contributed by atoms with Crippen molar-refractivity contribution in [2.24, 2.45) is 4.99 Å². The van der Waals surface area contributed by atoms with Gasteiger partial charge in [0.1, 0.15) is 17.3 Å². The highest BCUT2D eigenvalue weighted by Crippen LogP contribution is 2.27. The molecule has 0 saturated heterocycles. The first-order valence-electron chi connectivity index (χ1n) is 11.2. The number of rotatable bonds is 7. The number of carbonyl (C=O) groups excluding carboxylic acids is 1. The zero-order valence-electron chi connectivity index (χ0n) is 18.7. The Balaban J connectivity index is 1.44. The number of nitrogens with zero attached hydrogens (tertiary/aromatic N) is 5. The number of allylic oxidation sites excluding steroid dienone is 1. The number of fused-ring (bicyclic) bond motifs is 1. The molecule has 7 nitrogen and oxygen atoms in total. The van der Waals surface area contributed by atoms with E-state index in [9.17, 15) is 9.18 Å². The second kappa shape index (κ2) is 9.35. The average molecular weight is 455 g/mol. The Morgan fingerprint density at radius 2 is 1.97 bits per heavy atom. The molecule has 1 aliphatic heterocycles. The Kier molecular flexibility index (Phi) is 5.95. The molecule has 0 fully saturated rings. The van der Waals surface area contributed by atoms with E-state index < -0.39 is 0 Å². The van der Waals surface area contributed by atoms with Gasteiger partial charge in [0.2, 0.25) is 0 Å². The van der Waals surface area contributed by atoms with Crippen LogP contribution in [0.4, 0.5) is 4.39 Å². The molecule has 0 radical (unpaired) electrons. The molecule has 0 bridgehead atoms. The third-order valence-electron chi connectivity index (χ3n) is 5.72. The maximum Gasteiger partial charge on any atom is 0.251 e. The molecule has 0 aliphatic carbocycles. The van der Waals surface area contributed by atoms with Gasteiger partial charge in [-0.05, 0) is 62.2 Å². The molecule has 1 N–H and O–H groups in total. The summed E-state index contributed by atoms with van der Waals surface area (Å²) in [4.78, 5) is 30.9. The molecule has 5 rings (SSSR count). The van der Waals surface area contributed by atoms with Gasteiger partial charge in [-0.25, -0.2) is 19.3 Å². The Morgan fingerprint density at radius 1 is 1.12 bits per heavy atom. The van der Waals surface area contributed by atoms with Crippen LogP contribution in [-0.4, -0.2) is 37.7 Å². The minimum Gasteiger partial charge on any atom is -0.352 e. The Labute approximate surface area is 196 Å². The number of aryl methyl sites for hydroxylation is 1. The van der Waals surface area contributed by atoms with Crippen LogP contribution >= 0.6 is 0 Å². The summed E-state index contributed by atoms with van der Waals surface area (Å²) in [5.74, 6) is 0.865. The van der Waals surface area contributed by atoms with Crippen molar-refractivity contribution in [3.63, 3.8) is 0 Å². The Morgan fingerprint density at radius 3 is 2.71 bits per heavy atom. The Bertz CT molecular complexity index is 1420. The molecule has 170 valence electrons. The van der Waals surface area contributed by atoms with E-state index >= 15 is 0 Å². The number of benzene rings is 2. The van der Waals surface area contributed by atoms with Crippen molar-refractivity contribution in [1.82, 2.24) is 24.8 Å². The van der Waals surface area contributed by atoms with Gasteiger partial charge < -0.3 is 5.32 Å². The van der Waals surface area contributed by atoms with Gasteiger partial charge in [0, 0.05) is 48.4 Å². The molecule has 0 unspecified atom stereocenters. The third kappa shape index (κ3) is 4.47. The number of hydrogen-bond donors (Lipinski definition) is 1. The molecule has 2 aromatic heterocycles. The van der Waals surface area contributed by atoms with Gasteiger partial charge >= 0.3 is 0 Å². The zero-order valence-corrected chi connectivity index (χ0v) is 18.7. The van der Waals surface area contributed by atoms with Crippen molar-refractivity contribution in [1.29, 1.82) is 0 Å². The maximum absolute atomic E-state index is 13.5. The monoisotopic (exact) mass is 454 g/mol. The van der Waals surface area contributed by atoms with Gasteiger partial charge in [-0.15, -0.1) is 0 Å². The summed E-state index contributed by atoms with van der Waals surface area (Å²) in [5, 5.41) is 2.96. The number of halogens is 1. The smallest absolute Gasteiger partial charge is 0.251 e. The van der Waals surface area contributed by atoms with Crippen LogP contribution in [0.25, 0.3) is 28.1 Å². The lowest BCUT2D eigenvalue weighted by atomic mass is 10.1. The van der Waals surface area contributed by atoms with Crippen LogP contribution in [0.2, 0.25) is 0 Å². The fourth-order valence-corrected chi connectivity index (χ4v) is 3.92. The molecule has 34 heavy (non-hydrogen) atoms. The molecule has 1 amide bonds. The number of hydrogen-bond acceptors (Lipinski definition) is 5. The second-order valence-electron chi connectivity index (χ2n) is 8.09. The number of amides is 1. The van der Waals surface area contributed by atoms with Crippen LogP contribution in [0.15, 0.2) is 72.1 Å². The SMILES string of the molecule is Cc1nccn1-c1nc2ccc(C(=O)NCCCC3=NC=CC3)cc2nc1-c1ccc(F)cc1. The first-order valence-corrected chi connectivity index (χ1v) is 11.2. The van der Waals surface area contributed by atoms with E-state index in [1.54, 1.807) is 36.5 Å². The quantitative estimate of drug-likeness (QED) is 0.407. The highest BCUT2D eigenvalue weighted by atomic mass is 19.1. The van der Waals surface area contributed by atoms with E-state index in [1.807, 2.05) is 30.0 Å². The van der Waals surface area contributed by atoms with Crippen LogP contribution in [-0.2, 0) is 0 Å². The van der Waals surface area contributed by atoms with Gasteiger partial charge in [0.05, 0.1) is 11.0 Å². The fraction of sp³-hybridized carbons (Fsp3) is 0.192. The summed E-state index contributed by atoms with van der Waals surface area (Å²) < 4.78 is 15.4. The molecule has 0 saturated carbocycles. The molecule has 4 aromatic rings. The van der Waals surface area contributed by atoms with Crippen molar-refractivity contribution in [2.75, 3.05) is 6.54 Å². The summed E-state index contributed by atoms with van der Waals surface area (Å²) in [6.07, 6.45) is 9.96. The predicted octanol–water partition coefficient (Wildman–Crippen LogP) is 4.80. The first-order chi connectivity index (χ1) is 16.6. The van der Waals surface area contributed by atoms with Gasteiger partial charge in [-0.1, -0.05) is 6.08 Å². The van der Waals surface area contributed by atoms with Crippen molar-refractivity contribution >= 4 is 22.7 Å². The zero-order chi connectivity index (χ0) is 23.5. The van der Waals surface area contributed by atoms with Crippen LogP contribution < -0.4 is 5.32 Å². The molecule has 2 aromatic carbocycles. The average Bonchev–Trinajstić information content (AvgIpc) is 3.53.